The molecule has 4 nitrogen and oxygen atoms in total. The molecule has 24 heavy (non-hydrogen) atoms. The Morgan fingerprint density at radius 1 is 1.04 bits per heavy atom. The molecule has 0 aliphatic rings. The molecule has 2 aromatic carbocycles. The van der Waals surface area contributed by atoms with Crippen LogP contribution in [-0.4, -0.2) is 19.7 Å². The normalized spacial score (nSPS) is 11.7. The summed E-state index contributed by atoms with van der Waals surface area (Å²) in [4.78, 5) is 4.53. The summed E-state index contributed by atoms with van der Waals surface area (Å²) < 4.78 is 30.8. The molecule has 0 unspecified atom stereocenters. The molecule has 3 aromatic rings. The van der Waals surface area contributed by atoms with E-state index in [1.807, 2.05) is 26.0 Å². The van der Waals surface area contributed by atoms with Gasteiger partial charge >= 0.3 is 0 Å². The highest BCUT2D eigenvalue weighted by Gasteiger charge is 2.13. The molecular formula is C18H16BrNO3S. The number of nitrogens with zero attached hydrogens (tertiary/aromatic N) is 1. The second-order valence-corrected chi connectivity index (χ2v) is 8.66. The predicted octanol–water partition coefficient (Wildman–Crippen LogP) is 4.81. The minimum absolute atomic E-state index is 0.247. The van der Waals surface area contributed by atoms with Gasteiger partial charge in [0.25, 0.3) is 0 Å². The van der Waals surface area contributed by atoms with Gasteiger partial charge in [-0.2, -0.15) is 0 Å². The molecule has 0 aliphatic heterocycles. The van der Waals surface area contributed by atoms with Gasteiger partial charge in [0.15, 0.2) is 9.84 Å². The lowest BCUT2D eigenvalue weighted by Crippen LogP contribution is -1.98. The summed E-state index contributed by atoms with van der Waals surface area (Å²) in [7, 11) is -3.30. The average Bonchev–Trinajstić information content (AvgIpc) is 2.49. The Morgan fingerprint density at radius 3 is 2.33 bits per heavy atom. The van der Waals surface area contributed by atoms with E-state index in [4.69, 9.17) is 4.74 Å². The van der Waals surface area contributed by atoms with Crippen molar-refractivity contribution in [3.05, 3.63) is 58.2 Å². The van der Waals surface area contributed by atoms with Crippen LogP contribution in [0.5, 0.6) is 11.5 Å². The van der Waals surface area contributed by atoms with Crippen molar-refractivity contribution >= 4 is 36.7 Å². The number of pyridine rings is 1. The van der Waals surface area contributed by atoms with Crippen LogP contribution < -0.4 is 4.74 Å². The first-order valence-electron chi connectivity index (χ1n) is 7.29. The first-order valence-corrected chi connectivity index (χ1v) is 9.97. The van der Waals surface area contributed by atoms with E-state index >= 15 is 0 Å². The SMILES string of the molecule is Cc1cc(Br)cc(C)c1Oc1ccnc2ccc(S(C)(=O)=O)cc12. The van der Waals surface area contributed by atoms with Crippen molar-refractivity contribution < 1.29 is 13.2 Å². The molecule has 3 rings (SSSR count). The Balaban J connectivity index is 2.17. The molecule has 0 radical (unpaired) electrons. The van der Waals surface area contributed by atoms with Crippen LogP contribution in [0.2, 0.25) is 0 Å². The van der Waals surface area contributed by atoms with Gasteiger partial charge in [-0.05, 0) is 61.4 Å². The molecule has 0 atom stereocenters. The topological polar surface area (TPSA) is 56.3 Å². The number of hydrogen-bond acceptors (Lipinski definition) is 4. The Labute approximate surface area is 149 Å². The number of aromatic nitrogens is 1. The fourth-order valence-corrected chi connectivity index (χ4v) is 3.92. The van der Waals surface area contributed by atoms with E-state index in [1.165, 1.54) is 6.26 Å². The van der Waals surface area contributed by atoms with Gasteiger partial charge < -0.3 is 4.74 Å². The molecule has 0 N–H and O–H groups in total. The number of rotatable bonds is 3. The van der Waals surface area contributed by atoms with Crippen molar-refractivity contribution in [3.8, 4) is 11.5 Å². The monoisotopic (exact) mass is 405 g/mol. The zero-order valence-electron chi connectivity index (χ0n) is 13.5. The Morgan fingerprint density at radius 2 is 1.71 bits per heavy atom. The van der Waals surface area contributed by atoms with Gasteiger partial charge in [0.05, 0.1) is 10.4 Å². The van der Waals surface area contributed by atoms with Crippen molar-refractivity contribution in [1.29, 1.82) is 0 Å². The minimum atomic E-state index is -3.30. The molecule has 0 bridgehead atoms. The minimum Gasteiger partial charge on any atom is -0.456 e. The van der Waals surface area contributed by atoms with Crippen LogP contribution in [0.1, 0.15) is 11.1 Å². The van der Waals surface area contributed by atoms with E-state index in [0.29, 0.717) is 16.7 Å². The van der Waals surface area contributed by atoms with Crippen LogP contribution >= 0.6 is 15.9 Å². The van der Waals surface area contributed by atoms with Gasteiger partial charge in [0.2, 0.25) is 0 Å². The van der Waals surface area contributed by atoms with E-state index < -0.39 is 9.84 Å². The average molecular weight is 406 g/mol. The van der Waals surface area contributed by atoms with Crippen LogP contribution in [0, 0.1) is 13.8 Å². The summed E-state index contributed by atoms with van der Waals surface area (Å²) in [6, 6.07) is 10.6. The van der Waals surface area contributed by atoms with Crippen molar-refractivity contribution in [3.63, 3.8) is 0 Å². The zero-order valence-corrected chi connectivity index (χ0v) is 15.9. The number of halogens is 1. The van der Waals surface area contributed by atoms with Gasteiger partial charge in [-0.3, -0.25) is 4.98 Å². The van der Waals surface area contributed by atoms with Crippen LogP contribution in [0.15, 0.2) is 52.0 Å². The second kappa shape index (κ2) is 6.18. The molecule has 0 fully saturated rings. The highest BCUT2D eigenvalue weighted by atomic mass is 79.9. The van der Waals surface area contributed by atoms with Crippen LogP contribution in [0.3, 0.4) is 0 Å². The number of ether oxygens (including phenoxy) is 1. The van der Waals surface area contributed by atoms with Gasteiger partial charge in [-0.1, -0.05) is 15.9 Å². The van der Waals surface area contributed by atoms with Crippen molar-refractivity contribution in [1.82, 2.24) is 4.98 Å². The summed E-state index contributed by atoms with van der Waals surface area (Å²) in [6.45, 7) is 3.94. The fourth-order valence-electron chi connectivity index (χ4n) is 2.59. The lowest BCUT2D eigenvalue weighted by atomic mass is 10.1. The van der Waals surface area contributed by atoms with Crippen LogP contribution in [-0.2, 0) is 9.84 Å². The molecular weight excluding hydrogens is 390 g/mol. The number of sulfone groups is 1. The van der Waals surface area contributed by atoms with E-state index in [9.17, 15) is 8.42 Å². The number of fused-ring (bicyclic) bond motifs is 1. The molecule has 0 saturated carbocycles. The van der Waals surface area contributed by atoms with Crippen molar-refractivity contribution in [2.24, 2.45) is 0 Å². The standard InChI is InChI=1S/C18H16BrNO3S/c1-11-8-13(19)9-12(2)18(11)23-17-6-7-20-16-5-4-14(10-15(16)17)24(3,21)22/h4-10H,1-3H3. The summed E-state index contributed by atoms with van der Waals surface area (Å²) in [5, 5.41) is 0.669. The fraction of sp³-hybridized carbons (Fsp3) is 0.167. The van der Waals surface area contributed by atoms with Gasteiger partial charge in [0.1, 0.15) is 11.5 Å². The molecule has 0 saturated heterocycles. The molecule has 124 valence electrons. The van der Waals surface area contributed by atoms with E-state index in [1.54, 1.807) is 30.5 Å². The van der Waals surface area contributed by atoms with Gasteiger partial charge in [-0.25, -0.2) is 8.42 Å². The highest BCUT2D eigenvalue weighted by Crippen LogP contribution is 2.35. The quantitative estimate of drug-likeness (QED) is 0.627. The number of benzene rings is 2. The lowest BCUT2D eigenvalue weighted by Gasteiger charge is -2.14. The van der Waals surface area contributed by atoms with Crippen molar-refractivity contribution in [2.45, 2.75) is 18.7 Å². The second-order valence-electron chi connectivity index (χ2n) is 5.73. The highest BCUT2D eigenvalue weighted by molar-refractivity contribution is 9.10. The molecule has 0 amide bonds. The van der Waals surface area contributed by atoms with E-state index in [0.717, 1.165) is 21.3 Å². The largest absolute Gasteiger partial charge is 0.456 e. The van der Waals surface area contributed by atoms with Gasteiger partial charge in [0, 0.05) is 22.3 Å². The third kappa shape index (κ3) is 3.30. The lowest BCUT2D eigenvalue weighted by molar-refractivity contribution is 0.480. The summed E-state index contributed by atoms with van der Waals surface area (Å²) in [5.74, 6) is 1.34. The summed E-state index contributed by atoms with van der Waals surface area (Å²) in [5.41, 5.74) is 2.67. The van der Waals surface area contributed by atoms with E-state index in [2.05, 4.69) is 20.9 Å². The van der Waals surface area contributed by atoms with Crippen LogP contribution in [0.4, 0.5) is 0 Å². The van der Waals surface area contributed by atoms with Crippen molar-refractivity contribution in [2.75, 3.05) is 6.26 Å². The smallest absolute Gasteiger partial charge is 0.175 e. The third-order valence-corrected chi connectivity index (χ3v) is 5.31. The maximum atomic E-state index is 11.8. The first kappa shape index (κ1) is 16.9. The molecule has 6 heteroatoms. The van der Waals surface area contributed by atoms with Gasteiger partial charge in [-0.15, -0.1) is 0 Å². The Kier molecular flexibility index (Phi) is 4.36. The maximum absolute atomic E-state index is 11.8. The van der Waals surface area contributed by atoms with Crippen LogP contribution in [0.25, 0.3) is 10.9 Å². The molecule has 0 aliphatic carbocycles. The number of aryl methyl sites for hydroxylation is 2. The molecule has 1 aromatic heterocycles. The number of hydrogen-bond donors (Lipinski definition) is 0. The van der Waals surface area contributed by atoms with E-state index in [-0.39, 0.29) is 4.90 Å². The molecule has 1 heterocycles. The summed E-state index contributed by atoms with van der Waals surface area (Å²) in [6.07, 6.45) is 2.84. The predicted molar refractivity (Wildman–Crippen MR) is 98.5 cm³/mol. The summed E-state index contributed by atoms with van der Waals surface area (Å²) >= 11 is 3.47. The maximum Gasteiger partial charge on any atom is 0.175 e. The Hall–Kier alpha value is -1.92. The molecule has 0 spiro atoms. The Bertz CT molecular complexity index is 1020. The zero-order chi connectivity index (χ0) is 17.5. The third-order valence-electron chi connectivity index (χ3n) is 3.74. The first-order chi connectivity index (χ1) is 11.3.